The Kier molecular flexibility index (Phi) is 8.66. The van der Waals surface area contributed by atoms with Crippen molar-refractivity contribution in [2.45, 2.75) is 18.4 Å². The molecule has 0 spiro atoms. The maximum absolute atomic E-state index is 11.4. The molecule has 0 aliphatic carbocycles. The maximum atomic E-state index is 11.4. The lowest BCUT2D eigenvalue weighted by Gasteiger charge is -2.30. The molecule has 0 unspecified atom stereocenters. The third-order valence-electron chi connectivity index (χ3n) is 2.10. The molecule has 21 heavy (non-hydrogen) atoms. The van der Waals surface area contributed by atoms with Crippen LogP contribution in [0.15, 0.2) is 38.0 Å². The van der Waals surface area contributed by atoms with E-state index in [1.165, 1.54) is 7.11 Å². The molecular weight excluding hydrogens is 296 g/mol. The van der Waals surface area contributed by atoms with Crippen molar-refractivity contribution in [2.75, 3.05) is 7.11 Å². The largest absolute Gasteiger partial charge is 0.427 e. The molecule has 0 amide bonds. The van der Waals surface area contributed by atoms with Gasteiger partial charge in [-0.1, -0.05) is 19.7 Å². The highest BCUT2D eigenvalue weighted by atomic mass is 28.2. The molecule has 0 aromatic rings. The monoisotopic (exact) mass is 314 g/mol. The third-order valence-corrected chi connectivity index (χ3v) is 3.15. The van der Waals surface area contributed by atoms with Gasteiger partial charge in [0.1, 0.15) is 0 Å². The van der Waals surface area contributed by atoms with Gasteiger partial charge in [-0.15, -0.1) is 0 Å². The average molecular weight is 314 g/mol. The average Bonchev–Trinajstić information content (AvgIpc) is 2.46. The minimum absolute atomic E-state index is 0.0637. The quantitative estimate of drug-likeness (QED) is 0.189. The van der Waals surface area contributed by atoms with E-state index in [-0.39, 0.29) is 6.42 Å². The highest BCUT2D eigenvalue weighted by molar-refractivity contribution is 6.26. The van der Waals surface area contributed by atoms with Crippen LogP contribution >= 0.6 is 0 Å². The SMILES string of the molecule is C=CC(=O)OC(CC[SiH2]OC)(OC(=O)C=C)OC(=O)C=C. The summed E-state index contributed by atoms with van der Waals surface area (Å²) < 4.78 is 19.7. The number of rotatable bonds is 10. The Morgan fingerprint density at radius 3 is 1.62 bits per heavy atom. The number of hydrogen-bond acceptors (Lipinski definition) is 7. The molecule has 8 heteroatoms. The van der Waals surface area contributed by atoms with Gasteiger partial charge in [-0.3, -0.25) is 0 Å². The van der Waals surface area contributed by atoms with Crippen LogP contribution in [-0.2, 0) is 33.0 Å². The van der Waals surface area contributed by atoms with E-state index < -0.39 is 33.6 Å². The standard InChI is InChI=1S/C13H18O7Si/c1-5-10(14)18-13(8-9-21-17-4,19-11(15)6-2)20-12(16)7-3/h5-7H,1-3,8-9,21H2,4H3. The van der Waals surface area contributed by atoms with Crippen LogP contribution in [0.4, 0.5) is 0 Å². The van der Waals surface area contributed by atoms with Crippen LogP contribution in [0, 0.1) is 0 Å². The highest BCUT2D eigenvalue weighted by Gasteiger charge is 2.42. The van der Waals surface area contributed by atoms with E-state index in [2.05, 4.69) is 19.7 Å². The molecule has 0 aliphatic rings. The Labute approximate surface area is 125 Å². The van der Waals surface area contributed by atoms with Gasteiger partial charge in [0.05, 0.1) is 6.42 Å². The van der Waals surface area contributed by atoms with Gasteiger partial charge >= 0.3 is 23.9 Å². The number of esters is 3. The van der Waals surface area contributed by atoms with Gasteiger partial charge in [0.25, 0.3) is 0 Å². The van der Waals surface area contributed by atoms with Gasteiger partial charge in [-0.05, 0) is 6.04 Å². The first-order valence-electron chi connectivity index (χ1n) is 5.98. The van der Waals surface area contributed by atoms with Crippen LogP contribution in [0.1, 0.15) is 6.42 Å². The lowest BCUT2D eigenvalue weighted by atomic mass is 10.4. The normalized spacial score (nSPS) is 10.7. The number of hydrogen-bond donors (Lipinski definition) is 0. The summed E-state index contributed by atoms with van der Waals surface area (Å²) in [4.78, 5) is 34.2. The topological polar surface area (TPSA) is 88.1 Å². The van der Waals surface area contributed by atoms with Crippen LogP contribution in [0.2, 0.25) is 6.04 Å². The Balaban J connectivity index is 5.31. The van der Waals surface area contributed by atoms with Gasteiger partial charge in [-0.2, -0.15) is 0 Å². The second-order valence-corrected chi connectivity index (χ2v) is 5.35. The molecular formula is C13H18O7Si. The van der Waals surface area contributed by atoms with Gasteiger partial charge in [0.15, 0.2) is 9.76 Å². The predicted molar refractivity (Wildman–Crippen MR) is 76.6 cm³/mol. The molecule has 0 aromatic heterocycles. The predicted octanol–water partition coefficient (Wildman–Crippen LogP) is 0.366. The molecule has 116 valence electrons. The van der Waals surface area contributed by atoms with Crippen LogP contribution in [-0.4, -0.2) is 40.8 Å². The summed E-state index contributed by atoms with van der Waals surface area (Å²) in [6.45, 7) is 9.68. The van der Waals surface area contributed by atoms with E-state index in [4.69, 9.17) is 18.6 Å². The van der Waals surface area contributed by atoms with E-state index in [9.17, 15) is 14.4 Å². The lowest BCUT2D eigenvalue weighted by molar-refractivity contribution is -0.325. The fourth-order valence-corrected chi connectivity index (χ4v) is 2.10. The Morgan fingerprint density at radius 2 is 1.33 bits per heavy atom. The number of carbonyl (C=O) groups is 3. The van der Waals surface area contributed by atoms with Gasteiger partial charge in [0.2, 0.25) is 0 Å². The van der Waals surface area contributed by atoms with Crippen molar-refractivity contribution < 1.29 is 33.0 Å². The molecule has 0 aromatic carbocycles. The summed E-state index contributed by atoms with van der Waals surface area (Å²) in [7, 11) is 0.593. The second-order valence-electron chi connectivity index (χ2n) is 3.66. The van der Waals surface area contributed by atoms with E-state index in [1.807, 2.05) is 0 Å². The fraction of sp³-hybridized carbons (Fsp3) is 0.308. The summed E-state index contributed by atoms with van der Waals surface area (Å²) in [6, 6.07) is 0.426. The van der Waals surface area contributed by atoms with Crippen molar-refractivity contribution in [3.63, 3.8) is 0 Å². The minimum atomic E-state index is -2.19. The molecule has 0 bridgehead atoms. The first-order chi connectivity index (χ1) is 9.92. The van der Waals surface area contributed by atoms with Crippen molar-refractivity contribution >= 4 is 27.7 Å². The fourth-order valence-electron chi connectivity index (χ4n) is 1.23. The Morgan fingerprint density at radius 1 is 0.952 bits per heavy atom. The summed E-state index contributed by atoms with van der Waals surface area (Å²) in [5, 5.41) is 0. The Hall–Kier alpha value is -2.19. The van der Waals surface area contributed by atoms with Crippen molar-refractivity contribution in [1.82, 2.24) is 0 Å². The van der Waals surface area contributed by atoms with Crippen LogP contribution < -0.4 is 0 Å². The minimum Gasteiger partial charge on any atom is -0.427 e. The smallest absolute Gasteiger partial charge is 0.423 e. The van der Waals surface area contributed by atoms with E-state index in [1.54, 1.807) is 0 Å². The second kappa shape index (κ2) is 9.67. The first kappa shape index (κ1) is 18.8. The van der Waals surface area contributed by atoms with Gasteiger partial charge in [-0.25, -0.2) is 14.4 Å². The van der Waals surface area contributed by atoms with Crippen LogP contribution in [0.25, 0.3) is 0 Å². The van der Waals surface area contributed by atoms with Crippen molar-refractivity contribution in [3.8, 4) is 0 Å². The molecule has 0 heterocycles. The number of ether oxygens (including phenoxy) is 3. The molecule has 0 rings (SSSR count). The zero-order valence-electron chi connectivity index (χ0n) is 11.8. The molecule has 0 aliphatic heterocycles. The molecule has 0 saturated heterocycles. The molecule has 0 radical (unpaired) electrons. The number of carbonyl (C=O) groups excluding carboxylic acids is 3. The van der Waals surface area contributed by atoms with Crippen molar-refractivity contribution in [2.24, 2.45) is 0 Å². The Bertz CT molecular complexity index is 375. The molecule has 0 atom stereocenters. The summed E-state index contributed by atoms with van der Waals surface area (Å²) in [5.74, 6) is -4.93. The summed E-state index contributed by atoms with van der Waals surface area (Å²) in [6.07, 6.45) is 2.50. The third kappa shape index (κ3) is 7.23. The zero-order valence-corrected chi connectivity index (χ0v) is 13.2. The molecule has 0 fully saturated rings. The molecule has 0 N–H and O–H groups in total. The molecule has 0 saturated carbocycles. The maximum Gasteiger partial charge on any atom is 0.423 e. The van der Waals surface area contributed by atoms with Gasteiger partial charge < -0.3 is 18.6 Å². The zero-order chi connectivity index (χ0) is 16.3. The summed E-state index contributed by atoms with van der Waals surface area (Å²) >= 11 is 0. The van der Waals surface area contributed by atoms with Gasteiger partial charge in [0, 0.05) is 25.3 Å². The van der Waals surface area contributed by atoms with Crippen molar-refractivity contribution in [3.05, 3.63) is 38.0 Å². The molecule has 7 nitrogen and oxygen atoms in total. The lowest BCUT2D eigenvalue weighted by Crippen LogP contribution is -2.44. The van der Waals surface area contributed by atoms with Crippen LogP contribution in [0.5, 0.6) is 0 Å². The summed E-state index contributed by atoms with van der Waals surface area (Å²) in [5.41, 5.74) is 0. The highest BCUT2D eigenvalue weighted by Crippen LogP contribution is 2.24. The van der Waals surface area contributed by atoms with E-state index in [0.717, 1.165) is 18.2 Å². The van der Waals surface area contributed by atoms with E-state index >= 15 is 0 Å². The van der Waals surface area contributed by atoms with E-state index in [0.29, 0.717) is 6.04 Å². The van der Waals surface area contributed by atoms with Crippen molar-refractivity contribution in [1.29, 1.82) is 0 Å². The first-order valence-corrected chi connectivity index (χ1v) is 7.56. The van der Waals surface area contributed by atoms with Crippen LogP contribution in [0.3, 0.4) is 0 Å².